The number of amides is 3. The molecule has 0 spiro atoms. The molecule has 148 valence electrons. The quantitative estimate of drug-likeness (QED) is 0.714. The number of aromatic amines is 1. The van der Waals surface area contributed by atoms with E-state index in [0.29, 0.717) is 43.0 Å². The number of anilines is 1. The zero-order valence-corrected chi connectivity index (χ0v) is 16.0. The van der Waals surface area contributed by atoms with Gasteiger partial charge in [0.2, 0.25) is 5.91 Å². The van der Waals surface area contributed by atoms with Gasteiger partial charge in [-0.1, -0.05) is 6.07 Å². The van der Waals surface area contributed by atoms with E-state index in [4.69, 9.17) is 0 Å². The molecule has 1 aromatic heterocycles. The van der Waals surface area contributed by atoms with Gasteiger partial charge in [-0.2, -0.15) is 0 Å². The summed E-state index contributed by atoms with van der Waals surface area (Å²) in [5.41, 5.74) is 3.35. The topological polar surface area (TPSA) is 98.4 Å². The molecule has 2 aromatic carbocycles. The number of benzene rings is 2. The number of nitrogens with one attached hydrogen (secondary N) is 2. The van der Waals surface area contributed by atoms with E-state index in [-0.39, 0.29) is 17.7 Å². The van der Waals surface area contributed by atoms with Crippen molar-refractivity contribution in [2.24, 2.45) is 0 Å². The summed E-state index contributed by atoms with van der Waals surface area (Å²) in [7, 11) is 0. The molecule has 3 amide bonds. The molecule has 8 nitrogen and oxygen atoms in total. The minimum Gasteiger partial charge on any atom is -0.345 e. The number of fused-ring (bicyclic) bond motifs is 1. The first-order valence-corrected chi connectivity index (χ1v) is 9.40. The van der Waals surface area contributed by atoms with E-state index in [1.165, 1.54) is 6.92 Å². The SMILES string of the molecule is CC(=O)Nc1cccc(C(=O)N2CCN(C(=O)c3ccc4nc[nH]c4c3)CC2)c1. The van der Waals surface area contributed by atoms with Gasteiger partial charge < -0.3 is 20.1 Å². The summed E-state index contributed by atoms with van der Waals surface area (Å²) in [6.45, 7) is 3.28. The third-order valence-electron chi connectivity index (χ3n) is 4.95. The van der Waals surface area contributed by atoms with Crippen molar-refractivity contribution in [2.75, 3.05) is 31.5 Å². The van der Waals surface area contributed by atoms with Crippen LogP contribution in [0.5, 0.6) is 0 Å². The molecule has 0 saturated carbocycles. The highest BCUT2D eigenvalue weighted by atomic mass is 16.2. The predicted molar refractivity (Wildman–Crippen MR) is 109 cm³/mol. The van der Waals surface area contributed by atoms with Gasteiger partial charge in [-0.3, -0.25) is 14.4 Å². The van der Waals surface area contributed by atoms with Gasteiger partial charge in [0.05, 0.1) is 17.4 Å². The van der Waals surface area contributed by atoms with Gasteiger partial charge in [-0.25, -0.2) is 4.98 Å². The molecule has 1 aliphatic rings. The summed E-state index contributed by atoms with van der Waals surface area (Å²) in [4.78, 5) is 47.5. The lowest BCUT2D eigenvalue weighted by Gasteiger charge is -2.35. The van der Waals surface area contributed by atoms with Crippen LogP contribution in [0.3, 0.4) is 0 Å². The molecule has 0 unspecified atom stereocenters. The third kappa shape index (κ3) is 3.96. The number of carbonyl (C=O) groups excluding carboxylic acids is 3. The fourth-order valence-corrected chi connectivity index (χ4v) is 3.48. The van der Waals surface area contributed by atoms with E-state index in [0.717, 1.165) is 11.0 Å². The summed E-state index contributed by atoms with van der Waals surface area (Å²) in [5, 5.41) is 2.68. The Kier molecular flexibility index (Phi) is 4.99. The molecular weight excluding hydrogens is 370 g/mol. The van der Waals surface area contributed by atoms with Gasteiger partial charge in [0.25, 0.3) is 11.8 Å². The fraction of sp³-hybridized carbons (Fsp3) is 0.238. The average Bonchev–Trinajstić information content (AvgIpc) is 3.20. The van der Waals surface area contributed by atoms with Gasteiger partial charge in [-0.15, -0.1) is 0 Å². The second kappa shape index (κ2) is 7.75. The van der Waals surface area contributed by atoms with Crippen molar-refractivity contribution >= 4 is 34.4 Å². The van der Waals surface area contributed by atoms with E-state index >= 15 is 0 Å². The van der Waals surface area contributed by atoms with Crippen LogP contribution in [0.4, 0.5) is 5.69 Å². The van der Waals surface area contributed by atoms with Crippen molar-refractivity contribution < 1.29 is 14.4 Å². The third-order valence-corrected chi connectivity index (χ3v) is 4.95. The molecule has 1 fully saturated rings. The Morgan fingerprint density at radius 1 is 0.931 bits per heavy atom. The Balaban J connectivity index is 1.40. The van der Waals surface area contributed by atoms with Crippen molar-refractivity contribution in [2.45, 2.75) is 6.92 Å². The number of piperazine rings is 1. The summed E-state index contributed by atoms with van der Waals surface area (Å²) in [6.07, 6.45) is 1.60. The summed E-state index contributed by atoms with van der Waals surface area (Å²) >= 11 is 0. The van der Waals surface area contributed by atoms with Gasteiger partial charge >= 0.3 is 0 Å². The number of nitrogens with zero attached hydrogens (tertiary/aromatic N) is 3. The highest BCUT2D eigenvalue weighted by Crippen LogP contribution is 2.17. The number of aromatic nitrogens is 2. The lowest BCUT2D eigenvalue weighted by atomic mass is 10.1. The number of hydrogen-bond donors (Lipinski definition) is 2. The zero-order chi connectivity index (χ0) is 20.4. The smallest absolute Gasteiger partial charge is 0.254 e. The van der Waals surface area contributed by atoms with Crippen LogP contribution in [0.25, 0.3) is 11.0 Å². The maximum absolute atomic E-state index is 12.8. The Labute approximate surface area is 167 Å². The lowest BCUT2D eigenvalue weighted by molar-refractivity contribution is -0.114. The second-order valence-corrected chi connectivity index (χ2v) is 6.98. The molecule has 1 aliphatic heterocycles. The second-order valence-electron chi connectivity index (χ2n) is 6.98. The van der Waals surface area contributed by atoms with Gasteiger partial charge in [0.15, 0.2) is 0 Å². The van der Waals surface area contributed by atoms with Crippen molar-refractivity contribution in [3.05, 3.63) is 59.9 Å². The number of rotatable bonds is 3. The summed E-state index contributed by atoms with van der Waals surface area (Å²) in [5.74, 6) is -0.348. The minimum atomic E-state index is -0.185. The minimum absolute atomic E-state index is 0.0544. The van der Waals surface area contributed by atoms with Crippen LogP contribution < -0.4 is 5.32 Å². The fourth-order valence-electron chi connectivity index (χ4n) is 3.48. The predicted octanol–water partition coefficient (Wildman–Crippen LogP) is 2.12. The van der Waals surface area contributed by atoms with E-state index in [9.17, 15) is 14.4 Å². The van der Waals surface area contributed by atoms with Crippen molar-refractivity contribution in [1.29, 1.82) is 0 Å². The highest BCUT2D eigenvalue weighted by Gasteiger charge is 2.26. The monoisotopic (exact) mass is 391 g/mol. The van der Waals surface area contributed by atoms with Gasteiger partial charge in [-0.05, 0) is 36.4 Å². The molecule has 0 bridgehead atoms. The lowest BCUT2D eigenvalue weighted by Crippen LogP contribution is -2.50. The zero-order valence-electron chi connectivity index (χ0n) is 16.0. The van der Waals surface area contributed by atoms with E-state index < -0.39 is 0 Å². The Morgan fingerprint density at radius 3 is 2.24 bits per heavy atom. The van der Waals surface area contributed by atoms with Crippen molar-refractivity contribution in [1.82, 2.24) is 19.8 Å². The average molecular weight is 391 g/mol. The highest BCUT2D eigenvalue weighted by molar-refractivity contribution is 5.98. The molecule has 0 atom stereocenters. The molecule has 0 aliphatic carbocycles. The van der Waals surface area contributed by atoms with Crippen LogP contribution in [0.2, 0.25) is 0 Å². The van der Waals surface area contributed by atoms with Crippen molar-refractivity contribution in [3.63, 3.8) is 0 Å². The molecule has 4 rings (SSSR count). The Morgan fingerprint density at radius 2 is 1.59 bits per heavy atom. The maximum atomic E-state index is 12.8. The first kappa shape index (κ1) is 18.7. The Bertz CT molecular complexity index is 1080. The largest absolute Gasteiger partial charge is 0.345 e. The van der Waals surface area contributed by atoms with Gasteiger partial charge in [0, 0.05) is 49.9 Å². The molecule has 8 heteroatoms. The maximum Gasteiger partial charge on any atom is 0.254 e. The van der Waals surface area contributed by atoms with Crippen LogP contribution >= 0.6 is 0 Å². The molecule has 0 radical (unpaired) electrons. The molecule has 3 aromatic rings. The first-order valence-electron chi connectivity index (χ1n) is 9.40. The first-order chi connectivity index (χ1) is 14.0. The van der Waals surface area contributed by atoms with E-state index in [1.807, 2.05) is 6.07 Å². The Hall–Kier alpha value is -3.68. The molecule has 2 N–H and O–H groups in total. The van der Waals surface area contributed by atoms with Crippen molar-refractivity contribution in [3.8, 4) is 0 Å². The standard InChI is InChI=1S/C21H21N5O3/c1-14(27)24-17-4-2-3-15(11-17)20(28)25-7-9-26(10-8-25)21(29)16-5-6-18-19(12-16)23-13-22-18/h2-6,11-13H,7-10H2,1H3,(H,22,23)(H,24,27). The normalized spacial score (nSPS) is 14.1. The molecule has 1 saturated heterocycles. The molecule has 29 heavy (non-hydrogen) atoms. The van der Waals surface area contributed by atoms with Gasteiger partial charge in [0.1, 0.15) is 0 Å². The number of imidazole rings is 1. The summed E-state index contributed by atoms with van der Waals surface area (Å²) < 4.78 is 0. The number of H-pyrrole nitrogens is 1. The molecular formula is C21H21N5O3. The van der Waals surface area contributed by atoms with Crippen LogP contribution in [0.15, 0.2) is 48.8 Å². The van der Waals surface area contributed by atoms with Crippen LogP contribution in [0, 0.1) is 0 Å². The van der Waals surface area contributed by atoms with Crippen LogP contribution in [-0.4, -0.2) is 63.7 Å². The van der Waals surface area contributed by atoms with E-state index in [2.05, 4.69) is 15.3 Å². The van der Waals surface area contributed by atoms with E-state index in [1.54, 1.807) is 52.5 Å². The number of carbonyl (C=O) groups is 3. The van der Waals surface area contributed by atoms with Crippen LogP contribution in [0.1, 0.15) is 27.6 Å². The summed E-state index contributed by atoms with van der Waals surface area (Å²) in [6, 6.07) is 12.3. The number of hydrogen-bond acceptors (Lipinski definition) is 4. The van der Waals surface area contributed by atoms with Crippen LogP contribution in [-0.2, 0) is 4.79 Å². The molecule has 2 heterocycles.